The number of hydrogen-bond donors (Lipinski definition) is 2. The van der Waals surface area contributed by atoms with Crippen molar-refractivity contribution in [2.24, 2.45) is 7.05 Å². The molecular weight excluding hydrogens is 270 g/mol. The number of nitrogens with one attached hydrogen (secondary N) is 2. The molecule has 0 saturated carbocycles. The first-order chi connectivity index (χ1) is 10.0. The molecule has 0 bridgehead atoms. The van der Waals surface area contributed by atoms with Crippen LogP contribution >= 0.6 is 0 Å². The number of aryl methyl sites for hydroxylation is 1. The molecule has 8 heteroatoms. The molecule has 2 N–H and O–H groups in total. The molecular formula is C13H21N7O. The Bertz CT molecular complexity index is 588. The first kappa shape index (κ1) is 15.1. The number of nitrogens with zero attached hydrogens (tertiary/aromatic N) is 5. The molecule has 2 aromatic rings. The normalized spacial score (nSPS) is 12.6. The van der Waals surface area contributed by atoms with Gasteiger partial charge in [-0.2, -0.15) is 10.3 Å². The second kappa shape index (κ2) is 6.47. The van der Waals surface area contributed by atoms with Crippen LogP contribution in [0.5, 0.6) is 0 Å². The van der Waals surface area contributed by atoms with Gasteiger partial charge < -0.3 is 5.32 Å². The molecule has 2 rings (SSSR count). The second-order valence-corrected chi connectivity index (χ2v) is 5.32. The largest absolute Gasteiger partial charge is 0.341 e. The minimum absolute atomic E-state index is 0.180. The van der Waals surface area contributed by atoms with Gasteiger partial charge in [0.15, 0.2) is 5.82 Å². The van der Waals surface area contributed by atoms with Crippen molar-refractivity contribution in [1.82, 2.24) is 35.7 Å². The summed E-state index contributed by atoms with van der Waals surface area (Å²) in [6, 6.07) is 1.57. The monoisotopic (exact) mass is 291 g/mol. The van der Waals surface area contributed by atoms with E-state index in [0.717, 1.165) is 18.5 Å². The predicted molar refractivity (Wildman–Crippen MR) is 76.6 cm³/mol. The lowest BCUT2D eigenvalue weighted by Gasteiger charge is -2.14. The van der Waals surface area contributed by atoms with Gasteiger partial charge in [-0.3, -0.25) is 9.48 Å². The highest BCUT2D eigenvalue weighted by Gasteiger charge is 2.21. The van der Waals surface area contributed by atoms with Crippen molar-refractivity contribution in [1.29, 1.82) is 0 Å². The Morgan fingerprint density at radius 3 is 2.76 bits per heavy atom. The molecule has 1 amide bonds. The quantitative estimate of drug-likeness (QED) is 0.836. The van der Waals surface area contributed by atoms with Crippen molar-refractivity contribution in [2.45, 2.75) is 45.6 Å². The molecule has 1 unspecified atom stereocenters. The van der Waals surface area contributed by atoms with Crippen LogP contribution in [0.4, 0.5) is 0 Å². The zero-order valence-corrected chi connectivity index (χ0v) is 12.8. The fourth-order valence-electron chi connectivity index (χ4n) is 2.09. The molecule has 114 valence electrons. The summed E-state index contributed by atoms with van der Waals surface area (Å²) >= 11 is 0. The minimum Gasteiger partial charge on any atom is -0.341 e. The maximum atomic E-state index is 12.4. The predicted octanol–water partition coefficient (Wildman–Crippen LogP) is 1.33. The van der Waals surface area contributed by atoms with E-state index in [1.165, 1.54) is 0 Å². The van der Waals surface area contributed by atoms with E-state index in [0.29, 0.717) is 11.5 Å². The zero-order valence-electron chi connectivity index (χ0n) is 12.8. The van der Waals surface area contributed by atoms with Crippen LogP contribution in [-0.2, 0) is 7.05 Å². The number of carbonyl (C=O) groups excluding carboxylic acids is 1. The molecule has 0 radical (unpaired) electrons. The van der Waals surface area contributed by atoms with Crippen LogP contribution in [0.2, 0.25) is 0 Å². The number of aromatic nitrogens is 6. The van der Waals surface area contributed by atoms with Crippen LogP contribution in [0.15, 0.2) is 6.07 Å². The van der Waals surface area contributed by atoms with Gasteiger partial charge in [0.05, 0.1) is 11.7 Å². The van der Waals surface area contributed by atoms with Crippen LogP contribution in [0.1, 0.15) is 67.6 Å². The van der Waals surface area contributed by atoms with Crippen molar-refractivity contribution < 1.29 is 4.79 Å². The van der Waals surface area contributed by atoms with E-state index in [1.54, 1.807) is 11.7 Å². The summed E-state index contributed by atoms with van der Waals surface area (Å²) in [6.45, 7) is 6.13. The third-order valence-corrected chi connectivity index (χ3v) is 3.28. The van der Waals surface area contributed by atoms with E-state index in [1.807, 2.05) is 26.8 Å². The maximum absolute atomic E-state index is 12.4. The number of hydrogen-bond acceptors (Lipinski definition) is 5. The lowest BCUT2D eigenvalue weighted by molar-refractivity contribution is 0.0923. The van der Waals surface area contributed by atoms with Crippen molar-refractivity contribution in [2.75, 3.05) is 0 Å². The maximum Gasteiger partial charge on any atom is 0.270 e. The van der Waals surface area contributed by atoms with E-state index < -0.39 is 0 Å². The van der Waals surface area contributed by atoms with E-state index in [2.05, 4.69) is 31.0 Å². The SMILES string of the molecule is CCCC(NC(=O)c1cc(C(C)C)nn1C)c1nn[nH]n1. The minimum atomic E-state index is -0.251. The number of tetrazole rings is 1. The van der Waals surface area contributed by atoms with Crippen LogP contribution < -0.4 is 5.32 Å². The molecule has 0 aliphatic rings. The Kier molecular flexibility index (Phi) is 4.66. The summed E-state index contributed by atoms with van der Waals surface area (Å²) in [6.07, 6.45) is 1.66. The van der Waals surface area contributed by atoms with Gasteiger partial charge in [-0.1, -0.05) is 32.4 Å². The number of aromatic amines is 1. The van der Waals surface area contributed by atoms with E-state index in [4.69, 9.17) is 0 Å². The highest BCUT2D eigenvalue weighted by atomic mass is 16.2. The lowest BCUT2D eigenvalue weighted by Crippen LogP contribution is -2.30. The lowest BCUT2D eigenvalue weighted by atomic mass is 10.1. The Morgan fingerprint density at radius 1 is 1.48 bits per heavy atom. The zero-order chi connectivity index (χ0) is 15.4. The summed E-state index contributed by atoms with van der Waals surface area (Å²) < 4.78 is 1.60. The molecule has 2 aromatic heterocycles. The molecule has 0 spiro atoms. The molecule has 0 saturated heterocycles. The van der Waals surface area contributed by atoms with E-state index >= 15 is 0 Å². The van der Waals surface area contributed by atoms with Gasteiger partial charge in [-0.15, -0.1) is 10.2 Å². The topological polar surface area (TPSA) is 101 Å². The van der Waals surface area contributed by atoms with Gasteiger partial charge in [-0.05, 0) is 18.4 Å². The first-order valence-corrected chi connectivity index (χ1v) is 7.11. The molecule has 21 heavy (non-hydrogen) atoms. The molecule has 8 nitrogen and oxygen atoms in total. The average Bonchev–Trinajstić information content (AvgIpc) is 3.07. The van der Waals surface area contributed by atoms with Crippen LogP contribution in [0.25, 0.3) is 0 Å². The third kappa shape index (κ3) is 3.45. The van der Waals surface area contributed by atoms with Gasteiger partial charge in [0, 0.05) is 7.05 Å². The summed E-state index contributed by atoms with van der Waals surface area (Å²) in [5.74, 6) is 0.595. The van der Waals surface area contributed by atoms with Gasteiger partial charge in [-0.25, -0.2) is 0 Å². The summed E-state index contributed by atoms with van der Waals surface area (Å²) in [5, 5.41) is 21.2. The van der Waals surface area contributed by atoms with Gasteiger partial charge in [0.25, 0.3) is 5.91 Å². The standard InChI is InChI=1S/C13H21N7O/c1-5-6-9(12-15-18-19-16-12)14-13(21)11-7-10(8(2)3)17-20(11)4/h7-9H,5-6H2,1-4H3,(H,14,21)(H,15,16,18,19). The van der Waals surface area contributed by atoms with Crippen molar-refractivity contribution in [3.63, 3.8) is 0 Å². The Morgan fingerprint density at radius 2 is 2.24 bits per heavy atom. The Balaban J connectivity index is 2.15. The van der Waals surface area contributed by atoms with Gasteiger partial charge in [0.2, 0.25) is 0 Å². The van der Waals surface area contributed by atoms with E-state index in [9.17, 15) is 4.79 Å². The van der Waals surface area contributed by atoms with Crippen LogP contribution in [-0.4, -0.2) is 36.3 Å². The molecule has 0 aromatic carbocycles. The smallest absolute Gasteiger partial charge is 0.270 e. The van der Waals surface area contributed by atoms with Gasteiger partial charge in [0.1, 0.15) is 5.69 Å². The summed E-state index contributed by atoms with van der Waals surface area (Å²) in [5.41, 5.74) is 1.43. The van der Waals surface area contributed by atoms with Gasteiger partial charge >= 0.3 is 0 Å². The molecule has 1 atom stereocenters. The number of amides is 1. The number of H-pyrrole nitrogens is 1. The fraction of sp³-hybridized carbons (Fsp3) is 0.615. The third-order valence-electron chi connectivity index (χ3n) is 3.28. The van der Waals surface area contributed by atoms with Crippen molar-refractivity contribution in [3.05, 3.63) is 23.3 Å². The van der Waals surface area contributed by atoms with E-state index in [-0.39, 0.29) is 17.9 Å². The van der Waals surface area contributed by atoms with Crippen LogP contribution in [0, 0.1) is 0 Å². The van der Waals surface area contributed by atoms with Crippen molar-refractivity contribution >= 4 is 5.91 Å². The molecule has 0 fully saturated rings. The fourth-order valence-corrected chi connectivity index (χ4v) is 2.09. The second-order valence-electron chi connectivity index (χ2n) is 5.32. The summed E-state index contributed by atoms with van der Waals surface area (Å²) in [4.78, 5) is 12.4. The van der Waals surface area contributed by atoms with Crippen molar-refractivity contribution in [3.8, 4) is 0 Å². The Hall–Kier alpha value is -2.25. The summed E-state index contributed by atoms with van der Waals surface area (Å²) in [7, 11) is 1.77. The highest BCUT2D eigenvalue weighted by molar-refractivity contribution is 5.92. The molecule has 0 aliphatic heterocycles. The highest BCUT2D eigenvalue weighted by Crippen LogP contribution is 2.17. The molecule has 2 heterocycles. The average molecular weight is 291 g/mol. The first-order valence-electron chi connectivity index (χ1n) is 7.11. The van der Waals surface area contributed by atoms with Crippen LogP contribution in [0.3, 0.4) is 0 Å². The molecule has 0 aliphatic carbocycles. The number of rotatable bonds is 6. The Labute approximate surface area is 123 Å². The number of carbonyl (C=O) groups is 1.